The minimum Gasteiger partial charge on any atom is -0.479 e. The first-order valence-corrected chi connectivity index (χ1v) is 9.74. The van der Waals surface area contributed by atoms with Crippen molar-refractivity contribution in [3.8, 4) is 0 Å². The van der Waals surface area contributed by atoms with Crippen LogP contribution in [0.2, 0.25) is 0 Å². The van der Waals surface area contributed by atoms with Crippen molar-refractivity contribution in [2.45, 2.75) is 5.54 Å². The van der Waals surface area contributed by atoms with Gasteiger partial charge in [-0.1, -0.05) is 60.7 Å². The average Bonchev–Trinajstić information content (AvgIpc) is 2.86. The van der Waals surface area contributed by atoms with E-state index in [1.54, 1.807) is 66.6 Å². The number of hydrogen-bond donors (Lipinski definition) is 4. The number of carbonyl (C=O) groups is 2. The van der Waals surface area contributed by atoms with Gasteiger partial charge in [0, 0.05) is 11.3 Å². The van der Waals surface area contributed by atoms with E-state index in [1.807, 2.05) is 0 Å². The van der Waals surface area contributed by atoms with Crippen molar-refractivity contribution in [1.82, 2.24) is 5.01 Å². The third-order valence-corrected chi connectivity index (χ3v) is 5.02. The van der Waals surface area contributed by atoms with Crippen molar-refractivity contribution in [2.75, 3.05) is 5.32 Å². The van der Waals surface area contributed by atoms with E-state index in [0.29, 0.717) is 10.7 Å². The average molecular weight is 443 g/mol. The van der Waals surface area contributed by atoms with Crippen LogP contribution >= 0.6 is 0 Å². The predicted octanol–water partition coefficient (Wildman–Crippen LogP) is 2.21. The van der Waals surface area contributed by atoms with Crippen LogP contribution in [0, 0.1) is 0 Å². The monoisotopic (exact) mass is 443 g/mol. The molecule has 0 saturated carbocycles. The smallest absolute Gasteiger partial charge is 0.341 e. The van der Waals surface area contributed by atoms with E-state index >= 15 is 0 Å². The lowest BCUT2D eigenvalue weighted by molar-refractivity contribution is -0.146. The second-order valence-electron chi connectivity index (χ2n) is 6.90. The summed E-state index contributed by atoms with van der Waals surface area (Å²) in [4.78, 5) is 38.6. The number of hydrazone groups is 1. The number of nitrogens with two attached hydrogens (primary N) is 2. The number of carboxylic acids is 1. The van der Waals surface area contributed by atoms with Crippen molar-refractivity contribution >= 4 is 35.4 Å². The molecule has 0 heterocycles. The summed E-state index contributed by atoms with van der Waals surface area (Å²) in [6.45, 7) is 0. The number of benzene rings is 3. The SMILES string of the molecule is NN=CNc1cccc([C@@](C(=O)O)(C(=C=O)c2ccccc2)N(N)C(=O)c2ccccc2)c1. The molecule has 0 aliphatic rings. The minimum absolute atomic E-state index is 0.0411. The molecule has 6 N–H and O–H groups in total. The molecule has 0 spiro atoms. The van der Waals surface area contributed by atoms with Gasteiger partial charge in [0.2, 0.25) is 5.54 Å². The van der Waals surface area contributed by atoms with Gasteiger partial charge < -0.3 is 16.3 Å². The number of aliphatic carboxylic acids is 1. The van der Waals surface area contributed by atoms with Crippen LogP contribution in [0.4, 0.5) is 5.69 Å². The van der Waals surface area contributed by atoms with Crippen molar-refractivity contribution in [3.05, 3.63) is 102 Å². The van der Waals surface area contributed by atoms with Gasteiger partial charge in [0.15, 0.2) is 0 Å². The van der Waals surface area contributed by atoms with Crippen LogP contribution in [0.3, 0.4) is 0 Å². The first-order chi connectivity index (χ1) is 16.0. The molecule has 33 heavy (non-hydrogen) atoms. The molecule has 0 fully saturated rings. The van der Waals surface area contributed by atoms with Crippen LogP contribution < -0.4 is 17.0 Å². The normalized spacial score (nSPS) is 12.4. The summed E-state index contributed by atoms with van der Waals surface area (Å²) in [5.41, 5.74) is -1.91. The minimum atomic E-state index is -2.41. The zero-order chi connectivity index (χ0) is 23.8. The second kappa shape index (κ2) is 10.1. The zero-order valence-electron chi connectivity index (χ0n) is 17.4. The first kappa shape index (κ1) is 23.0. The number of rotatable bonds is 8. The largest absolute Gasteiger partial charge is 0.479 e. The molecule has 3 aromatic rings. The lowest BCUT2D eigenvalue weighted by Gasteiger charge is -2.38. The molecule has 9 nitrogen and oxygen atoms in total. The second-order valence-corrected chi connectivity index (χ2v) is 6.90. The lowest BCUT2D eigenvalue weighted by atomic mass is 9.78. The van der Waals surface area contributed by atoms with E-state index < -0.39 is 17.4 Å². The van der Waals surface area contributed by atoms with Crippen LogP contribution in [0.25, 0.3) is 5.57 Å². The number of hydrazine groups is 1. The highest BCUT2D eigenvalue weighted by atomic mass is 16.4. The van der Waals surface area contributed by atoms with Crippen LogP contribution in [0.15, 0.2) is 90.0 Å². The van der Waals surface area contributed by atoms with E-state index in [1.165, 1.54) is 30.6 Å². The fourth-order valence-electron chi connectivity index (χ4n) is 3.50. The molecule has 166 valence electrons. The predicted molar refractivity (Wildman–Crippen MR) is 124 cm³/mol. The Balaban J connectivity index is 2.32. The number of nitrogens with zero attached hydrogens (tertiary/aromatic N) is 2. The summed E-state index contributed by atoms with van der Waals surface area (Å²) < 4.78 is 0. The van der Waals surface area contributed by atoms with Crippen LogP contribution in [-0.2, 0) is 15.1 Å². The fraction of sp³-hybridized carbons (Fsp3) is 0.0417. The van der Waals surface area contributed by atoms with Gasteiger partial charge in [-0.3, -0.25) is 4.79 Å². The van der Waals surface area contributed by atoms with Gasteiger partial charge in [0.25, 0.3) is 5.91 Å². The van der Waals surface area contributed by atoms with Gasteiger partial charge in [0.1, 0.15) is 12.3 Å². The Labute approximate surface area is 189 Å². The number of carboxylic acid groups (broad SMARTS) is 1. The molecule has 0 radical (unpaired) electrons. The molecule has 3 aromatic carbocycles. The first-order valence-electron chi connectivity index (χ1n) is 9.74. The standard InChI is InChI=1S/C24H21N5O4/c25-28-16-27-20-13-7-12-19(14-20)24(23(32)33,21(15-30)17-8-3-1-4-9-17)29(26)22(31)18-10-5-2-6-11-18/h1-14,16H,25-26H2,(H,27,28)(H,32,33)/t24-/m0/s1. The lowest BCUT2D eigenvalue weighted by Crippen LogP contribution is -2.59. The number of hydrogen-bond acceptors (Lipinski definition) is 6. The van der Waals surface area contributed by atoms with Gasteiger partial charge >= 0.3 is 5.97 Å². The van der Waals surface area contributed by atoms with Crippen LogP contribution in [0.1, 0.15) is 21.5 Å². The summed E-state index contributed by atoms with van der Waals surface area (Å²) >= 11 is 0. The molecule has 0 saturated heterocycles. The molecule has 9 heteroatoms. The summed E-state index contributed by atoms with van der Waals surface area (Å²) in [5.74, 6) is 10.8. The van der Waals surface area contributed by atoms with Gasteiger partial charge in [-0.05, 0) is 35.4 Å². The van der Waals surface area contributed by atoms with Crippen molar-refractivity contribution < 1.29 is 19.5 Å². The molecular formula is C24H21N5O4. The number of amides is 1. The topological polar surface area (TPSA) is 151 Å². The van der Waals surface area contributed by atoms with E-state index in [4.69, 9.17) is 11.7 Å². The Morgan fingerprint density at radius 2 is 1.58 bits per heavy atom. The van der Waals surface area contributed by atoms with Crippen LogP contribution in [-0.4, -0.2) is 34.3 Å². The molecule has 1 amide bonds. The molecule has 0 aromatic heterocycles. The van der Waals surface area contributed by atoms with E-state index in [2.05, 4.69) is 10.4 Å². The summed E-state index contributed by atoms with van der Waals surface area (Å²) in [6.07, 6.45) is 1.20. The van der Waals surface area contributed by atoms with Gasteiger partial charge in [-0.15, -0.1) is 0 Å². The highest BCUT2D eigenvalue weighted by molar-refractivity contribution is 6.10. The number of carbonyl (C=O) groups excluding carboxylic acids is 2. The van der Waals surface area contributed by atoms with Crippen molar-refractivity contribution in [3.63, 3.8) is 0 Å². The van der Waals surface area contributed by atoms with E-state index in [0.717, 1.165) is 0 Å². The Bertz CT molecular complexity index is 1220. The third-order valence-electron chi connectivity index (χ3n) is 5.02. The quantitative estimate of drug-likeness (QED) is 0.104. The third kappa shape index (κ3) is 4.35. The van der Waals surface area contributed by atoms with E-state index in [9.17, 15) is 19.5 Å². The molecule has 0 bridgehead atoms. The number of anilines is 1. The number of nitrogens with one attached hydrogen (secondary N) is 1. The Morgan fingerprint density at radius 3 is 2.12 bits per heavy atom. The Kier molecular flexibility index (Phi) is 7.00. The van der Waals surface area contributed by atoms with Crippen molar-refractivity contribution in [1.29, 1.82) is 0 Å². The van der Waals surface area contributed by atoms with Gasteiger partial charge in [-0.2, -0.15) is 5.10 Å². The zero-order valence-corrected chi connectivity index (χ0v) is 17.4. The summed E-state index contributed by atoms with van der Waals surface area (Å²) in [6, 6.07) is 22.1. The van der Waals surface area contributed by atoms with Gasteiger partial charge in [-0.25, -0.2) is 20.4 Å². The molecule has 0 aliphatic heterocycles. The molecular weight excluding hydrogens is 422 g/mol. The molecule has 1 atom stereocenters. The Hall–Kier alpha value is -4.72. The van der Waals surface area contributed by atoms with Crippen LogP contribution in [0.5, 0.6) is 0 Å². The molecule has 0 unspecified atom stereocenters. The maximum absolute atomic E-state index is 13.3. The maximum Gasteiger partial charge on any atom is 0.341 e. The van der Waals surface area contributed by atoms with Crippen molar-refractivity contribution in [2.24, 2.45) is 16.8 Å². The highest BCUT2D eigenvalue weighted by Gasteiger charge is 2.52. The van der Waals surface area contributed by atoms with Gasteiger partial charge in [0.05, 0.1) is 5.57 Å². The summed E-state index contributed by atoms with van der Waals surface area (Å²) in [7, 11) is 0. The highest BCUT2D eigenvalue weighted by Crippen LogP contribution is 2.40. The fourth-order valence-corrected chi connectivity index (χ4v) is 3.50. The molecule has 3 rings (SSSR count). The molecule has 0 aliphatic carbocycles. The maximum atomic E-state index is 13.3. The van der Waals surface area contributed by atoms with E-state index in [-0.39, 0.29) is 22.3 Å². The summed E-state index contributed by atoms with van der Waals surface area (Å²) in [5, 5.41) is 17.2. The Morgan fingerprint density at radius 1 is 0.970 bits per heavy atom.